The summed E-state index contributed by atoms with van der Waals surface area (Å²) in [6.07, 6.45) is 7.69. The van der Waals surface area contributed by atoms with Crippen molar-refractivity contribution in [3.8, 4) is 0 Å². The van der Waals surface area contributed by atoms with Gasteiger partial charge in [0.25, 0.3) is 10.2 Å². The lowest BCUT2D eigenvalue weighted by Crippen LogP contribution is -2.52. The van der Waals surface area contributed by atoms with Crippen molar-refractivity contribution in [1.82, 2.24) is 9.03 Å². The molecule has 0 atom stereocenters. The lowest BCUT2D eigenvalue weighted by molar-refractivity contribution is -0.0273. The third-order valence-corrected chi connectivity index (χ3v) is 5.90. The average molecular weight is 276 g/mol. The first kappa shape index (κ1) is 14.2. The first-order valence-corrected chi connectivity index (χ1v) is 8.32. The van der Waals surface area contributed by atoms with Gasteiger partial charge in [0.05, 0.1) is 5.60 Å². The summed E-state index contributed by atoms with van der Waals surface area (Å²) in [6, 6.07) is 0.118. The van der Waals surface area contributed by atoms with E-state index in [1.54, 1.807) is 7.05 Å². The average Bonchev–Trinajstić information content (AvgIpc) is 2.34. The van der Waals surface area contributed by atoms with Crippen LogP contribution >= 0.6 is 0 Å². The zero-order valence-corrected chi connectivity index (χ0v) is 11.9. The third kappa shape index (κ3) is 3.23. The van der Waals surface area contributed by atoms with Crippen LogP contribution in [-0.2, 0) is 10.2 Å². The van der Waals surface area contributed by atoms with E-state index in [2.05, 4.69) is 4.72 Å². The summed E-state index contributed by atoms with van der Waals surface area (Å²) in [5.41, 5.74) is -0.805. The van der Waals surface area contributed by atoms with Gasteiger partial charge in [0.15, 0.2) is 0 Å². The second-order valence-corrected chi connectivity index (χ2v) is 7.53. The van der Waals surface area contributed by atoms with Gasteiger partial charge in [0, 0.05) is 19.6 Å². The van der Waals surface area contributed by atoms with Crippen LogP contribution in [0.2, 0.25) is 0 Å². The number of aliphatic hydroxyl groups is 1. The lowest BCUT2D eigenvalue weighted by atomic mass is 9.81. The molecule has 2 rings (SSSR count). The highest BCUT2D eigenvalue weighted by molar-refractivity contribution is 7.87. The van der Waals surface area contributed by atoms with E-state index in [1.165, 1.54) is 10.7 Å². The smallest absolute Gasteiger partial charge is 0.279 e. The largest absolute Gasteiger partial charge is 0.389 e. The highest BCUT2D eigenvalue weighted by atomic mass is 32.2. The molecule has 2 fully saturated rings. The van der Waals surface area contributed by atoms with Crippen molar-refractivity contribution in [2.75, 3.05) is 13.6 Å². The molecule has 2 N–H and O–H groups in total. The van der Waals surface area contributed by atoms with E-state index in [1.807, 2.05) is 0 Å². The Labute approximate surface area is 110 Å². The number of rotatable bonds is 5. The van der Waals surface area contributed by atoms with Crippen LogP contribution in [0.1, 0.15) is 51.4 Å². The van der Waals surface area contributed by atoms with Crippen LogP contribution in [0, 0.1) is 0 Å². The summed E-state index contributed by atoms with van der Waals surface area (Å²) >= 11 is 0. The fourth-order valence-electron chi connectivity index (χ4n) is 2.73. The van der Waals surface area contributed by atoms with Crippen LogP contribution in [-0.4, -0.2) is 43.1 Å². The predicted molar refractivity (Wildman–Crippen MR) is 70.4 cm³/mol. The molecule has 0 amide bonds. The van der Waals surface area contributed by atoms with E-state index in [0.717, 1.165) is 32.1 Å². The Kier molecular flexibility index (Phi) is 4.31. The monoisotopic (exact) mass is 276 g/mol. The molecule has 2 aliphatic rings. The molecule has 0 bridgehead atoms. The minimum atomic E-state index is -3.45. The third-order valence-electron chi connectivity index (χ3n) is 4.34. The molecule has 2 aliphatic carbocycles. The molecule has 2 saturated carbocycles. The van der Waals surface area contributed by atoms with Gasteiger partial charge < -0.3 is 5.11 Å². The first-order chi connectivity index (χ1) is 8.43. The molecule has 0 aliphatic heterocycles. The molecule has 0 heterocycles. The molecule has 0 unspecified atom stereocenters. The minimum absolute atomic E-state index is 0.118. The van der Waals surface area contributed by atoms with E-state index >= 15 is 0 Å². The molecule has 0 spiro atoms. The SMILES string of the molecule is CN(C1CCCCC1)S(=O)(=O)NCC1(O)CCC1. The van der Waals surface area contributed by atoms with E-state index in [0.29, 0.717) is 12.8 Å². The maximum Gasteiger partial charge on any atom is 0.279 e. The van der Waals surface area contributed by atoms with Gasteiger partial charge in [-0.05, 0) is 32.1 Å². The van der Waals surface area contributed by atoms with Crippen molar-refractivity contribution in [2.24, 2.45) is 0 Å². The summed E-state index contributed by atoms with van der Waals surface area (Å²) in [5, 5.41) is 9.92. The van der Waals surface area contributed by atoms with Crippen molar-refractivity contribution in [1.29, 1.82) is 0 Å². The summed E-state index contributed by atoms with van der Waals surface area (Å²) in [6.45, 7) is 0.145. The molecule has 106 valence electrons. The highest BCUT2D eigenvalue weighted by Crippen LogP contribution is 2.31. The minimum Gasteiger partial charge on any atom is -0.389 e. The van der Waals surface area contributed by atoms with Crippen molar-refractivity contribution in [3.63, 3.8) is 0 Å². The fraction of sp³-hybridized carbons (Fsp3) is 1.00. The van der Waals surface area contributed by atoms with Crippen molar-refractivity contribution < 1.29 is 13.5 Å². The number of hydrogen-bond acceptors (Lipinski definition) is 3. The molecule has 0 saturated heterocycles. The Balaban J connectivity index is 1.88. The molecule has 18 heavy (non-hydrogen) atoms. The van der Waals surface area contributed by atoms with Crippen LogP contribution in [0.25, 0.3) is 0 Å². The maximum absolute atomic E-state index is 12.1. The van der Waals surface area contributed by atoms with Crippen molar-refractivity contribution in [3.05, 3.63) is 0 Å². The summed E-state index contributed by atoms with van der Waals surface area (Å²) in [5.74, 6) is 0. The highest BCUT2D eigenvalue weighted by Gasteiger charge is 2.36. The normalized spacial score (nSPS) is 25.1. The molecular formula is C12H24N2O3S. The zero-order valence-electron chi connectivity index (χ0n) is 11.1. The van der Waals surface area contributed by atoms with Gasteiger partial charge >= 0.3 is 0 Å². The zero-order chi connectivity index (χ0) is 13.2. The van der Waals surface area contributed by atoms with E-state index in [4.69, 9.17) is 0 Å². The molecule has 0 aromatic carbocycles. The van der Waals surface area contributed by atoms with Gasteiger partial charge in [-0.1, -0.05) is 19.3 Å². The van der Waals surface area contributed by atoms with Crippen LogP contribution in [0.15, 0.2) is 0 Å². The number of nitrogens with one attached hydrogen (secondary N) is 1. The van der Waals surface area contributed by atoms with E-state index in [9.17, 15) is 13.5 Å². The van der Waals surface area contributed by atoms with Crippen molar-refractivity contribution >= 4 is 10.2 Å². The van der Waals surface area contributed by atoms with Gasteiger partial charge in [-0.25, -0.2) is 0 Å². The van der Waals surface area contributed by atoms with Crippen LogP contribution in [0.4, 0.5) is 0 Å². The molecule has 0 radical (unpaired) electrons. The molecule has 5 nitrogen and oxygen atoms in total. The first-order valence-electron chi connectivity index (χ1n) is 6.88. The van der Waals surface area contributed by atoms with Gasteiger partial charge in [-0.2, -0.15) is 17.4 Å². The van der Waals surface area contributed by atoms with E-state index < -0.39 is 15.8 Å². The Morgan fingerprint density at radius 3 is 2.33 bits per heavy atom. The Bertz CT molecular complexity index is 373. The van der Waals surface area contributed by atoms with Crippen LogP contribution in [0.5, 0.6) is 0 Å². The topological polar surface area (TPSA) is 69.6 Å². The van der Waals surface area contributed by atoms with Gasteiger partial charge in [0.1, 0.15) is 0 Å². The molecular weight excluding hydrogens is 252 g/mol. The number of nitrogens with zero attached hydrogens (tertiary/aromatic N) is 1. The van der Waals surface area contributed by atoms with Gasteiger partial charge in [-0.15, -0.1) is 0 Å². The molecule has 0 aromatic rings. The summed E-state index contributed by atoms with van der Waals surface area (Å²) in [7, 11) is -1.80. The summed E-state index contributed by atoms with van der Waals surface area (Å²) < 4.78 is 28.2. The van der Waals surface area contributed by atoms with Crippen molar-refractivity contribution in [2.45, 2.75) is 63.0 Å². The second kappa shape index (κ2) is 5.45. The lowest BCUT2D eigenvalue weighted by Gasteiger charge is -2.37. The Morgan fingerprint density at radius 1 is 1.22 bits per heavy atom. The number of hydrogen-bond donors (Lipinski definition) is 2. The van der Waals surface area contributed by atoms with Crippen LogP contribution < -0.4 is 4.72 Å². The van der Waals surface area contributed by atoms with Crippen LogP contribution in [0.3, 0.4) is 0 Å². The van der Waals surface area contributed by atoms with Gasteiger partial charge in [0.2, 0.25) is 0 Å². The van der Waals surface area contributed by atoms with Gasteiger partial charge in [-0.3, -0.25) is 0 Å². The fourth-order valence-corrected chi connectivity index (χ4v) is 3.99. The quantitative estimate of drug-likeness (QED) is 0.787. The molecule has 6 heteroatoms. The summed E-state index contributed by atoms with van der Waals surface area (Å²) in [4.78, 5) is 0. The molecule has 0 aromatic heterocycles. The Morgan fingerprint density at radius 2 is 1.83 bits per heavy atom. The van der Waals surface area contributed by atoms with E-state index in [-0.39, 0.29) is 12.6 Å². The predicted octanol–water partition coefficient (Wildman–Crippen LogP) is 1.00. The second-order valence-electron chi connectivity index (χ2n) is 5.71. The standard InChI is InChI=1S/C12H24N2O3S/c1-14(11-6-3-2-4-7-11)18(16,17)13-10-12(15)8-5-9-12/h11,13,15H,2-10H2,1H3. The maximum atomic E-state index is 12.1. The Hall–Kier alpha value is -0.170.